The zero-order valence-corrected chi connectivity index (χ0v) is 22.4. The maximum Gasteiger partial charge on any atom is 0.362 e. The van der Waals surface area contributed by atoms with Gasteiger partial charge in [-0.3, -0.25) is 4.79 Å². The average Bonchev–Trinajstić information content (AvgIpc) is 3.71. The molecule has 2 aliphatic rings. The molecule has 1 saturated carbocycles. The van der Waals surface area contributed by atoms with Gasteiger partial charge in [-0.1, -0.05) is 41.9 Å². The number of quaternary nitrogens is 1. The maximum absolute atomic E-state index is 14.0. The third-order valence-electron chi connectivity index (χ3n) is 7.69. The molecule has 1 saturated heterocycles. The second-order valence-corrected chi connectivity index (χ2v) is 10.6. The smallest absolute Gasteiger partial charge is 0.362 e. The molecule has 0 atom stereocenters. The number of anilines is 1. The minimum absolute atomic E-state index is 0.157. The van der Waals surface area contributed by atoms with Crippen LogP contribution in [-0.4, -0.2) is 54.1 Å². The van der Waals surface area contributed by atoms with E-state index in [9.17, 15) is 14.4 Å². The van der Waals surface area contributed by atoms with Crippen molar-refractivity contribution < 1.29 is 28.3 Å². The average molecular weight is 528 g/mol. The van der Waals surface area contributed by atoms with Crippen LogP contribution in [0.1, 0.15) is 66.9 Å². The number of hydrogen-bond donors (Lipinski definition) is 1. The number of nitrogens with one attached hydrogen (secondary N) is 1. The van der Waals surface area contributed by atoms with Gasteiger partial charge in [0.2, 0.25) is 0 Å². The quantitative estimate of drug-likeness (QED) is 0.347. The fourth-order valence-corrected chi connectivity index (χ4v) is 5.88. The number of halogens is 1. The van der Waals surface area contributed by atoms with Gasteiger partial charge < -0.3 is 19.3 Å². The number of carbonyl (C=O) groups is 3. The van der Waals surface area contributed by atoms with Crippen LogP contribution >= 0.6 is 11.6 Å². The second-order valence-electron chi connectivity index (χ2n) is 10.2. The lowest BCUT2D eigenvalue weighted by molar-refractivity contribution is -0.945. The van der Waals surface area contributed by atoms with Crippen LogP contribution in [0.4, 0.5) is 5.69 Å². The molecule has 2 aromatic rings. The van der Waals surface area contributed by atoms with E-state index in [1.54, 1.807) is 19.9 Å². The first-order chi connectivity index (χ1) is 17.8. The molecule has 1 aliphatic heterocycles. The fraction of sp³-hybridized carbons (Fsp3) is 0.483. The number of likely N-dealkylation sites (tertiary alicyclic amines) is 1. The van der Waals surface area contributed by atoms with Gasteiger partial charge in [-0.2, -0.15) is 0 Å². The van der Waals surface area contributed by atoms with Crippen LogP contribution < -0.4 is 5.32 Å². The van der Waals surface area contributed by atoms with Crippen LogP contribution in [0, 0.1) is 6.92 Å². The number of nitrogens with zero attached hydrogens (tertiary/aromatic N) is 1. The highest BCUT2D eigenvalue weighted by Gasteiger charge is 2.66. The van der Waals surface area contributed by atoms with E-state index in [1.807, 2.05) is 30.3 Å². The summed E-state index contributed by atoms with van der Waals surface area (Å²) in [7, 11) is 0. The second kappa shape index (κ2) is 11.7. The lowest BCUT2D eigenvalue weighted by Crippen LogP contribution is -2.64. The molecule has 2 aromatic carbocycles. The number of aryl methyl sites for hydroxylation is 1. The van der Waals surface area contributed by atoms with Gasteiger partial charge in [0.05, 0.1) is 30.9 Å². The van der Waals surface area contributed by atoms with Crippen LogP contribution in [0.25, 0.3) is 0 Å². The highest BCUT2D eigenvalue weighted by Crippen LogP contribution is 2.49. The van der Waals surface area contributed by atoms with Crippen molar-refractivity contribution in [3.05, 3.63) is 64.2 Å². The van der Waals surface area contributed by atoms with Crippen molar-refractivity contribution in [3.63, 3.8) is 0 Å². The molecule has 1 heterocycles. The highest BCUT2D eigenvalue weighted by atomic mass is 35.5. The van der Waals surface area contributed by atoms with E-state index >= 15 is 0 Å². The summed E-state index contributed by atoms with van der Waals surface area (Å²) < 4.78 is 11.3. The topological polar surface area (TPSA) is 81.7 Å². The predicted molar refractivity (Wildman–Crippen MR) is 142 cm³/mol. The van der Waals surface area contributed by atoms with Crippen LogP contribution in [-0.2, 0) is 25.7 Å². The van der Waals surface area contributed by atoms with Gasteiger partial charge in [-0.05, 0) is 62.8 Å². The Kier molecular flexibility index (Phi) is 8.55. The van der Waals surface area contributed by atoms with Gasteiger partial charge in [-0.25, -0.2) is 9.59 Å². The lowest BCUT2D eigenvalue weighted by Gasteiger charge is -2.43. The summed E-state index contributed by atoms with van der Waals surface area (Å²) in [6, 6.07) is 12.9. The number of ether oxygens (including phenoxy) is 2. The van der Waals surface area contributed by atoms with Gasteiger partial charge >= 0.3 is 11.9 Å². The fourth-order valence-electron chi connectivity index (χ4n) is 5.61. The van der Waals surface area contributed by atoms with Gasteiger partial charge in [0, 0.05) is 17.9 Å². The third kappa shape index (κ3) is 5.99. The van der Waals surface area contributed by atoms with Gasteiger partial charge in [0.1, 0.15) is 6.61 Å². The van der Waals surface area contributed by atoms with Crippen LogP contribution in [0.15, 0.2) is 42.5 Å². The van der Waals surface area contributed by atoms with E-state index in [1.165, 1.54) is 6.07 Å². The summed E-state index contributed by atoms with van der Waals surface area (Å²) in [5.41, 5.74) is 1.54. The monoisotopic (exact) mass is 527 g/mol. The van der Waals surface area contributed by atoms with Crippen LogP contribution in [0.5, 0.6) is 0 Å². The van der Waals surface area contributed by atoms with Crippen LogP contribution in [0.2, 0.25) is 5.02 Å². The Bertz CT molecular complexity index is 1140. The van der Waals surface area contributed by atoms with E-state index in [0.717, 1.165) is 44.3 Å². The molecule has 0 unspecified atom stereocenters. The molecule has 198 valence electrons. The summed E-state index contributed by atoms with van der Waals surface area (Å²) in [5, 5.41) is 3.46. The Morgan fingerprint density at radius 3 is 2.30 bits per heavy atom. The molecular weight excluding hydrogens is 492 g/mol. The van der Waals surface area contributed by atoms with E-state index in [2.05, 4.69) is 5.32 Å². The molecule has 8 heteroatoms. The zero-order chi connectivity index (χ0) is 26.5. The Morgan fingerprint density at radius 2 is 1.68 bits per heavy atom. The highest BCUT2D eigenvalue weighted by molar-refractivity contribution is 6.31. The zero-order valence-electron chi connectivity index (χ0n) is 21.7. The van der Waals surface area contributed by atoms with E-state index in [4.69, 9.17) is 21.1 Å². The number of benzene rings is 2. The summed E-state index contributed by atoms with van der Waals surface area (Å²) in [6.07, 6.45) is 5.45. The van der Waals surface area contributed by atoms with Crippen LogP contribution in [0.3, 0.4) is 0 Å². The molecule has 0 radical (unpaired) electrons. The molecule has 7 nitrogen and oxygen atoms in total. The van der Waals surface area contributed by atoms with Crippen molar-refractivity contribution in [1.82, 2.24) is 0 Å². The molecule has 2 fully saturated rings. The normalized spacial score (nSPS) is 17.8. The minimum Gasteiger partial charge on any atom is -0.462 e. The van der Waals surface area contributed by atoms with Gasteiger partial charge in [0.25, 0.3) is 5.91 Å². The van der Waals surface area contributed by atoms with Crippen molar-refractivity contribution in [2.75, 3.05) is 31.6 Å². The van der Waals surface area contributed by atoms with Crippen molar-refractivity contribution >= 4 is 35.1 Å². The molecule has 1 amide bonds. The molecule has 1 aliphatic carbocycles. The first kappa shape index (κ1) is 27.1. The number of rotatable bonds is 9. The van der Waals surface area contributed by atoms with Crippen molar-refractivity contribution in [3.8, 4) is 0 Å². The van der Waals surface area contributed by atoms with Gasteiger partial charge in [0.15, 0.2) is 12.1 Å². The number of esters is 2. The van der Waals surface area contributed by atoms with Crippen molar-refractivity contribution in [1.29, 1.82) is 0 Å². The van der Waals surface area contributed by atoms with E-state index < -0.39 is 11.5 Å². The molecule has 4 rings (SSSR count). The van der Waals surface area contributed by atoms with E-state index in [-0.39, 0.29) is 37.2 Å². The summed E-state index contributed by atoms with van der Waals surface area (Å²) >= 11 is 6.22. The SMILES string of the molecule is CCOC(=O)c1cc(Cl)cc(C)c1NC(=O)C1([N+]2(CC(=O)OCc3ccccc3)CCCCCC2)CC1. The number of hydrogen-bond acceptors (Lipinski definition) is 5. The first-order valence-corrected chi connectivity index (χ1v) is 13.5. The maximum atomic E-state index is 14.0. The Morgan fingerprint density at radius 1 is 1.00 bits per heavy atom. The molecular formula is C29H36ClN2O5+. The van der Waals surface area contributed by atoms with Gasteiger partial charge in [-0.15, -0.1) is 0 Å². The van der Waals surface area contributed by atoms with Crippen molar-refractivity contribution in [2.45, 2.75) is 64.5 Å². The Hall–Kier alpha value is -2.90. The molecule has 37 heavy (non-hydrogen) atoms. The van der Waals surface area contributed by atoms with E-state index in [0.29, 0.717) is 33.6 Å². The standard InChI is InChI=1S/C29H35ClN2O5/c1-3-36-27(34)24-18-23(30)17-21(2)26(24)31-28(35)29(13-14-29)32(15-9-4-5-10-16-32)19-25(33)37-20-22-11-7-6-8-12-22/h6-8,11-12,17-18H,3-5,9-10,13-16,19-20H2,1-2H3/p+1. The number of amides is 1. The Balaban J connectivity index is 1.58. The molecule has 0 bridgehead atoms. The minimum atomic E-state index is -0.728. The molecule has 1 N–H and O–H groups in total. The lowest BCUT2D eigenvalue weighted by atomic mass is 10.0. The van der Waals surface area contributed by atoms with Crippen molar-refractivity contribution in [2.24, 2.45) is 0 Å². The Labute approximate surface area is 223 Å². The summed E-state index contributed by atoms with van der Waals surface area (Å²) in [6.45, 7) is 5.62. The predicted octanol–water partition coefficient (Wildman–Crippen LogP) is 5.43. The summed E-state index contributed by atoms with van der Waals surface area (Å²) in [5.74, 6) is -0.989. The third-order valence-corrected chi connectivity index (χ3v) is 7.90. The first-order valence-electron chi connectivity index (χ1n) is 13.1. The largest absolute Gasteiger partial charge is 0.462 e. The number of carbonyl (C=O) groups excluding carboxylic acids is 3. The molecule has 0 aromatic heterocycles. The summed E-state index contributed by atoms with van der Waals surface area (Å²) in [4.78, 5) is 39.8. The molecule has 0 spiro atoms.